The lowest BCUT2D eigenvalue weighted by molar-refractivity contribution is 0.0362. The molecule has 0 aromatic heterocycles. The molecule has 2 nitrogen and oxygen atoms in total. The van der Waals surface area contributed by atoms with E-state index in [0.29, 0.717) is 13.0 Å². The third-order valence-corrected chi connectivity index (χ3v) is 1.38. The molecule has 0 aromatic rings. The molecule has 0 radical (unpaired) electrons. The van der Waals surface area contributed by atoms with Gasteiger partial charge in [0.25, 0.3) is 0 Å². The van der Waals surface area contributed by atoms with Crippen molar-refractivity contribution in [2.75, 3.05) is 20.3 Å². The summed E-state index contributed by atoms with van der Waals surface area (Å²) in [4.78, 5) is 0. The predicted octanol–water partition coefficient (Wildman–Crippen LogP) is 0.760. The number of hydrogen-bond acceptors (Lipinski definition) is 2. The van der Waals surface area contributed by atoms with Crippen LogP contribution in [0.3, 0.4) is 0 Å². The fraction of sp³-hybridized carbons (Fsp3) is 1.00. The molecular formula is C6H11FO2. The Morgan fingerprint density at radius 3 is 3.00 bits per heavy atom. The summed E-state index contributed by atoms with van der Waals surface area (Å²) >= 11 is 0. The van der Waals surface area contributed by atoms with Crippen LogP contribution in [-0.4, -0.2) is 32.6 Å². The molecule has 0 amide bonds. The molecule has 1 aliphatic rings. The summed E-state index contributed by atoms with van der Waals surface area (Å²) in [6.07, 6.45) is -0.288. The van der Waals surface area contributed by atoms with Gasteiger partial charge >= 0.3 is 0 Å². The monoisotopic (exact) mass is 134 g/mol. The van der Waals surface area contributed by atoms with E-state index in [4.69, 9.17) is 9.47 Å². The highest BCUT2D eigenvalue weighted by Crippen LogP contribution is 2.15. The number of halogens is 1. The molecule has 54 valence electrons. The van der Waals surface area contributed by atoms with Crippen LogP contribution in [0.2, 0.25) is 0 Å². The molecule has 1 heterocycles. The van der Waals surface area contributed by atoms with E-state index in [1.165, 1.54) is 0 Å². The topological polar surface area (TPSA) is 18.5 Å². The van der Waals surface area contributed by atoms with Gasteiger partial charge in [-0.05, 0) is 0 Å². The lowest BCUT2D eigenvalue weighted by Gasteiger charge is -2.04. The van der Waals surface area contributed by atoms with Crippen molar-refractivity contribution in [3.8, 4) is 0 Å². The van der Waals surface area contributed by atoms with E-state index in [9.17, 15) is 4.39 Å². The Labute approximate surface area is 54.0 Å². The maximum absolute atomic E-state index is 12.3. The summed E-state index contributed by atoms with van der Waals surface area (Å²) in [6, 6.07) is 0. The van der Waals surface area contributed by atoms with E-state index in [2.05, 4.69) is 0 Å². The molecule has 0 aromatic carbocycles. The molecule has 1 rings (SSSR count). The fourth-order valence-electron chi connectivity index (χ4n) is 0.964. The molecule has 3 heteroatoms. The molecule has 1 saturated heterocycles. The van der Waals surface area contributed by atoms with E-state index < -0.39 is 6.17 Å². The van der Waals surface area contributed by atoms with Gasteiger partial charge in [-0.3, -0.25) is 0 Å². The van der Waals surface area contributed by atoms with Crippen LogP contribution in [0.5, 0.6) is 0 Å². The van der Waals surface area contributed by atoms with Crippen molar-refractivity contribution in [3.63, 3.8) is 0 Å². The Hall–Kier alpha value is -0.150. The van der Waals surface area contributed by atoms with Crippen molar-refractivity contribution in [2.45, 2.75) is 18.7 Å². The van der Waals surface area contributed by atoms with E-state index in [1.54, 1.807) is 7.11 Å². The summed E-state index contributed by atoms with van der Waals surface area (Å²) in [5.41, 5.74) is 0. The zero-order valence-corrected chi connectivity index (χ0v) is 5.47. The summed E-state index contributed by atoms with van der Waals surface area (Å²) in [7, 11) is 1.59. The number of rotatable bonds is 2. The van der Waals surface area contributed by atoms with Gasteiger partial charge in [-0.25, -0.2) is 4.39 Å². The minimum Gasteiger partial charge on any atom is -0.382 e. The molecule has 1 fully saturated rings. The van der Waals surface area contributed by atoms with Gasteiger partial charge in [0.05, 0.1) is 19.3 Å². The van der Waals surface area contributed by atoms with Crippen LogP contribution in [-0.2, 0) is 9.47 Å². The normalized spacial score (nSPS) is 35.3. The quantitative estimate of drug-likeness (QED) is 0.555. The first-order valence-electron chi connectivity index (χ1n) is 3.07. The summed E-state index contributed by atoms with van der Waals surface area (Å²) in [5.74, 6) is 0. The molecule has 0 saturated carbocycles. The van der Waals surface area contributed by atoms with Gasteiger partial charge in [0.2, 0.25) is 0 Å². The van der Waals surface area contributed by atoms with Crippen molar-refractivity contribution < 1.29 is 13.9 Å². The molecular weight excluding hydrogens is 123 g/mol. The van der Waals surface area contributed by atoms with Crippen LogP contribution in [0.4, 0.5) is 4.39 Å². The molecule has 0 spiro atoms. The minimum atomic E-state index is -0.773. The molecule has 0 aliphatic carbocycles. The zero-order chi connectivity index (χ0) is 6.69. The van der Waals surface area contributed by atoms with E-state index in [1.807, 2.05) is 0 Å². The second-order valence-corrected chi connectivity index (χ2v) is 2.24. The van der Waals surface area contributed by atoms with Crippen LogP contribution in [0.1, 0.15) is 6.42 Å². The second-order valence-electron chi connectivity index (χ2n) is 2.24. The minimum absolute atomic E-state index is 0.00926. The Morgan fingerprint density at radius 2 is 2.56 bits per heavy atom. The molecule has 0 bridgehead atoms. The number of alkyl halides is 1. The Morgan fingerprint density at radius 1 is 1.78 bits per heavy atom. The summed E-state index contributed by atoms with van der Waals surface area (Å²) in [6.45, 7) is 0.758. The average molecular weight is 134 g/mol. The highest BCUT2D eigenvalue weighted by molar-refractivity contribution is 4.71. The van der Waals surface area contributed by atoms with Crippen LogP contribution in [0, 0.1) is 0 Å². The number of methoxy groups -OCH3 is 1. The molecule has 0 unspecified atom stereocenters. The van der Waals surface area contributed by atoms with Crippen molar-refractivity contribution in [2.24, 2.45) is 0 Å². The largest absolute Gasteiger partial charge is 0.382 e. The third kappa shape index (κ3) is 1.91. The molecule has 1 aliphatic heterocycles. The lowest BCUT2D eigenvalue weighted by Crippen LogP contribution is -2.12. The van der Waals surface area contributed by atoms with Gasteiger partial charge in [-0.1, -0.05) is 0 Å². The van der Waals surface area contributed by atoms with E-state index in [0.717, 1.165) is 0 Å². The number of hydrogen-bond donors (Lipinski definition) is 0. The molecule has 0 N–H and O–H groups in total. The maximum atomic E-state index is 12.3. The van der Waals surface area contributed by atoms with Crippen LogP contribution < -0.4 is 0 Å². The van der Waals surface area contributed by atoms with Gasteiger partial charge < -0.3 is 9.47 Å². The molecule has 2 atom stereocenters. The smallest absolute Gasteiger partial charge is 0.126 e. The van der Waals surface area contributed by atoms with E-state index >= 15 is 0 Å². The standard InChI is InChI=1S/C6H11FO2/c1-8-4-6-2-5(7)3-9-6/h5-6H,2-4H2,1H3/t5-,6-/m0/s1. The number of ether oxygens (including phenoxy) is 2. The fourth-order valence-corrected chi connectivity index (χ4v) is 0.964. The Bertz CT molecular complexity index is 85.1. The average Bonchev–Trinajstić information content (AvgIpc) is 2.17. The van der Waals surface area contributed by atoms with Crippen LogP contribution in [0.25, 0.3) is 0 Å². The Balaban J connectivity index is 2.14. The first kappa shape index (κ1) is 6.96. The van der Waals surface area contributed by atoms with Crippen LogP contribution >= 0.6 is 0 Å². The van der Waals surface area contributed by atoms with Crippen LogP contribution in [0.15, 0.2) is 0 Å². The zero-order valence-electron chi connectivity index (χ0n) is 5.47. The van der Waals surface area contributed by atoms with Gasteiger partial charge in [-0.15, -0.1) is 0 Å². The van der Waals surface area contributed by atoms with E-state index in [-0.39, 0.29) is 12.7 Å². The first-order chi connectivity index (χ1) is 4.33. The van der Waals surface area contributed by atoms with Crippen molar-refractivity contribution in [1.29, 1.82) is 0 Å². The maximum Gasteiger partial charge on any atom is 0.126 e. The Kier molecular flexibility index (Phi) is 2.42. The van der Waals surface area contributed by atoms with Gasteiger partial charge in [0.1, 0.15) is 6.17 Å². The van der Waals surface area contributed by atoms with Gasteiger partial charge in [-0.2, -0.15) is 0 Å². The van der Waals surface area contributed by atoms with Gasteiger partial charge in [0, 0.05) is 13.5 Å². The predicted molar refractivity (Wildman–Crippen MR) is 31.1 cm³/mol. The van der Waals surface area contributed by atoms with Crippen molar-refractivity contribution >= 4 is 0 Å². The summed E-state index contributed by atoms with van der Waals surface area (Å²) < 4.78 is 22.1. The van der Waals surface area contributed by atoms with Crippen molar-refractivity contribution in [3.05, 3.63) is 0 Å². The third-order valence-electron chi connectivity index (χ3n) is 1.38. The first-order valence-corrected chi connectivity index (χ1v) is 3.07. The second kappa shape index (κ2) is 3.13. The van der Waals surface area contributed by atoms with Crippen molar-refractivity contribution in [1.82, 2.24) is 0 Å². The van der Waals surface area contributed by atoms with Gasteiger partial charge in [0.15, 0.2) is 0 Å². The SMILES string of the molecule is COC[C@@H]1C[C@H](F)CO1. The highest BCUT2D eigenvalue weighted by Gasteiger charge is 2.24. The molecule has 9 heavy (non-hydrogen) atoms. The highest BCUT2D eigenvalue weighted by atomic mass is 19.1. The lowest BCUT2D eigenvalue weighted by atomic mass is 10.2. The summed E-state index contributed by atoms with van der Waals surface area (Å²) in [5, 5.41) is 0.